The van der Waals surface area contributed by atoms with Gasteiger partial charge in [0.25, 0.3) is 0 Å². The first kappa shape index (κ1) is 40.8. The van der Waals surface area contributed by atoms with Crippen molar-refractivity contribution in [3.63, 3.8) is 0 Å². The fourth-order valence-electron chi connectivity index (χ4n) is 8.56. The molecule has 0 fully saturated rings. The number of benzene rings is 7. The number of aromatic hydroxyl groups is 1. The molecule has 5 nitrogen and oxygen atoms in total. The Morgan fingerprint density at radius 3 is 1.98 bits per heavy atom. The van der Waals surface area contributed by atoms with E-state index in [1.165, 1.54) is 0 Å². The van der Waals surface area contributed by atoms with E-state index in [4.69, 9.17) is 14.4 Å². The third kappa shape index (κ3) is 7.15. The van der Waals surface area contributed by atoms with E-state index in [2.05, 4.69) is 174 Å². The van der Waals surface area contributed by atoms with Gasteiger partial charge in [-0.2, -0.15) is 0 Å². The first-order chi connectivity index (χ1) is 29.4. The summed E-state index contributed by atoms with van der Waals surface area (Å²) in [7, 11) is 0. The molecule has 0 radical (unpaired) electrons. The van der Waals surface area contributed by atoms with Gasteiger partial charge in [-0.25, -0.2) is 4.98 Å². The summed E-state index contributed by atoms with van der Waals surface area (Å²) in [6, 6.07) is 58.3. The zero-order valence-electron chi connectivity index (χ0n) is 35.6. The first-order valence-electron chi connectivity index (χ1n) is 20.9. The molecule has 0 aliphatic rings. The fraction of sp³-hybridized carbons (Fsp3) is 0.143. The maximum absolute atomic E-state index is 12.4. The Bertz CT molecular complexity index is 3280. The molecule has 3 heterocycles. The van der Waals surface area contributed by atoms with Gasteiger partial charge in [-0.05, 0) is 57.9 Å². The van der Waals surface area contributed by atoms with Crippen LogP contribution in [-0.4, -0.2) is 19.6 Å². The van der Waals surface area contributed by atoms with E-state index in [0.717, 1.165) is 94.4 Å². The van der Waals surface area contributed by atoms with E-state index in [-0.39, 0.29) is 37.6 Å². The number of hydrogen-bond acceptors (Lipinski definition) is 4. The largest absolute Gasteiger partial charge is 0.507 e. The Hall–Kier alpha value is -6.55. The standard InChI is InChI=1S/C56H46N3O2.Pt/c1-55(2,3)40-33-45(52(60)46(34-40)56(4,5)6)54-58-51-42(24-17-26-48(51)59(54)47-25-15-13-22-41(47)36-20-11-8-12-21-36)38-30-37(35-18-9-7-10-19-35)31-39(32-38)50-53-44(28-29-57-50)43-23-14-16-27-49(43)61-53;/h7-31,33-34,60H,1-6H3;/q-1;. The molecule has 0 spiro atoms. The molecular formula is C56H46N3O2Pt-. The number of imidazole rings is 1. The summed E-state index contributed by atoms with van der Waals surface area (Å²) in [6.45, 7) is 13.1. The molecule has 7 aromatic carbocycles. The molecule has 0 unspecified atom stereocenters. The van der Waals surface area contributed by atoms with Crippen molar-refractivity contribution in [1.82, 2.24) is 14.5 Å². The molecule has 0 aliphatic heterocycles. The molecule has 0 saturated carbocycles. The van der Waals surface area contributed by atoms with Crippen molar-refractivity contribution in [3.05, 3.63) is 181 Å². The normalized spacial score (nSPS) is 12.0. The fourth-order valence-corrected chi connectivity index (χ4v) is 8.56. The van der Waals surface area contributed by atoms with Crippen LogP contribution >= 0.6 is 0 Å². The zero-order valence-corrected chi connectivity index (χ0v) is 37.9. The maximum atomic E-state index is 12.4. The topological polar surface area (TPSA) is 64.1 Å². The molecule has 62 heavy (non-hydrogen) atoms. The van der Waals surface area contributed by atoms with E-state index in [0.29, 0.717) is 11.4 Å². The number of furan rings is 1. The van der Waals surface area contributed by atoms with Crippen LogP contribution in [0.2, 0.25) is 0 Å². The maximum Gasteiger partial charge on any atom is 0.148 e. The van der Waals surface area contributed by atoms with Gasteiger partial charge in [0.15, 0.2) is 0 Å². The summed E-state index contributed by atoms with van der Waals surface area (Å²) in [6.07, 6.45) is 1.85. The SMILES string of the molecule is CC(C)(C)c1cc(-c2nc3c(-c4[c-]c(-c5nccc6c5oc5ccccc56)cc(-c5ccccc5)c4)cccc3n2-c2ccccc2-c2ccccc2)c(O)c(C(C)(C)C)c1.[Pt]. The summed E-state index contributed by atoms with van der Waals surface area (Å²) in [5.74, 6) is 0.897. The number of phenols is 1. The van der Waals surface area contributed by atoms with Crippen LogP contribution < -0.4 is 0 Å². The number of pyridine rings is 1. The molecule has 6 heteroatoms. The van der Waals surface area contributed by atoms with Crippen LogP contribution in [0.1, 0.15) is 52.7 Å². The van der Waals surface area contributed by atoms with Crippen LogP contribution in [0.25, 0.3) is 94.7 Å². The predicted molar refractivity (Wildman–Crippen MR) is 251 cm³/mol. The van der Waals surface area contributed by atoms with Gasteiger partial charge < -0.3 is 9.52 Å². The van der Waals surface area contributed by atoms with Gasteiger partial charge in [0, 0.05) is 54.9 Å². The van der Waals surface area contributed by atoms with Crippen LogP contribution in [0.5, 0.6) is 5.75 Å². The van der Waals surface area contributed by atoms with Crippen molar-refractivity contribution in [2.75, 3.05) is 0 Å². The van der Waals surface area contributed by atoms with Gasteiger partial charge in [0.2, 0.25) is 0 Å². The smallest absolute Gasteiger partial charge is 0.148 e. The Morgan fingerprint density at radius 2 is 1.24 bits per heavy atom. The average Bonchev–Trinajstić information content (AvgIpc) is 3.85. The number of para-hydroxylation sites is 3. The second-order valence-electron chi connectivity index (χ2n) is 17.9. The molecule has 3 aromatic heterocycles. The minimum atomic E-state index is -0.329. The number of hydrogen-bond donors (Lipinski definition) is 1. The van der Waals surface area contributed by atoms with Crippen molar-refractivity contribution < 1.29 is 30.6 Å². The van der Waals surface area contributed by atoms with Gasteiger partial charge in [-0.15, -0.1) is 23.8 Å². The van der Waals surface area contributed by atoms with Gasteiger partial charge in [0.05, 0.1) is 22.3 Å². The van der Waals surface area contributed by atoms with Crippen LogP contribution in [0, 0.1) is 6.07 Å². The Morgan fingerprint density at radius 1 is 0.581 bits per heavy atom. The van der Waals surface area contributed by atoms with Crippen molar-refractivity contribution in [2.45, 2.75) is 52.4 Å². The van der Waals surface area contributed by atoms with E-state index in [1.54, 1.807) is 0 Å². The number of nitrogens with zero attached hydrogens (tertiary/aromatic N) is 3. The zero-order chi connectivity index (χ0) is 42.0. The first-order valence-corrected chi connectivity index (χ1v) is 20.9. The molecule has 10 aromatic rings. The molecule has 10 rings (SSSR count). The summed E-state index contributed by atoms with van der Waals surface area (Å²) in [4.78, 5) is 10.5. The number of aromatic nitrogens is 3. The van der Waals surface area contributed by atoms with E-state index < -0.39 is 0 Å². The summed E-state index contributed by atoms with van der Waals surface area (Å²) in [5, 5.41) is 14.5. The quantitative estimate of drug-likeness (QED) is 0.169. The van der Waals surface area contributed by atoms with Crippen molar-refractivity contribution >= 4 is 33.0 Å². The van der Waals surface area contributed by atoms with Gasteiger partial charge in [-0.1, -0.05) is 173 Å². The minimum Gasteiger partial charge on any atom is -0.507 e. The van der Waals surface area contributed by atoms with Gasteiger partial charge >= 0.3 is 0 Å². The molecule has 0 bridgehead atoms. The van der Waals surface area contributed by atoms with Gasteiger partial charge in [0.1, 0.15) is 22.7 Å². The second-order valence-corrected chi connectivity index (χ2v) is 17.9. The van der Waals surface area contributed by atoms with Crippen molar-refractivity contribution in [2.24, 2.45) is 0 Å². The molecule has 0 saturated heterocycles. The van der Waals surface area contributed by atoms with Crippen LogP contribution in [0.15, 0.2) is 168 Å². The minimum absolute atomic E-state index is 0. The van der Waals surface area contributed by atoms with E-state index >= 15 is 0 Å². The molecule has 1 N–H and O–H groups in total. The third-order valence-corrected chi connectivity index (χ3v) is 11.8. The molecule has 0 amide bonds. The summed E-state index contributed by atoms with van der Waals surface area (Å²) >= 11 is 0. The van der Waals surface area contributed by atoms with Crippen LogP contribution in [0.4, 0.5) is 0 Å². The number of rotatable bonds is 6. The summed E-state index contributed by atoms with van der Waals surface area (Å²) in [5.41, 5.74) is 13.9. The molecule has 0 aliphatic carbocycles. The Labute approximate surface area is 377 Å². The monoisotopic (exact) mass is 987 g/mol. The van der Waals surface area contributed by atoms with E-state index in [1.807, 2.05) is 42.6 Å². The van der Waals surface area contributed by atoms with Crippen LogP contribution in [0.3, 0.4) is 0 Å². The predicted octanol–water partition coefficient (Wildman–Crippen LogP) is 14.8. The van der Waals surface area contributed by atoms with Crippen LogP contribution in [-0.2, 0) is 31.9 Å². The Balaban J connectivity index is 0.00000490. The molecular weight excluding hydrogens is 942 g/mol. The van der Waals surface area contributed by atoms with Crippen molar-refractivity contribution in [1.29, 1.82) is 0 Å². The number of fused-ring (bicyclic) bond motifs is 4. The van der Waals surface area contributed by atoms with E-state index in [9.17, 15) is 5.11 Å². The second kappa shape index (κ2) is 15.7. The molecule has 0 atom stereocenters. The van der Waals surface area contributed by atoms with Gasteiger partial charge in [-0.3, -0.25) is 9.55 Å². The summed E-state index contributed by atoms with van der Waals surface area (Å²) < 4.78 is 8.75. The molecule has 308 valence electrons. The third-order valence-electron chi connectivity index (χ3n) is 11.8. The van der Waals surface area contributed by atoms with Crippen molar-refractivity contribution in [3.8, 4) is 67.5 Å². The average molecular weight is 988 g/mol. The number of phenolic OH excluding ortho intramolecular Hbond substituents is 1. The Kier molecular flexibility index (Phi) is 10.4.